The van der Waals surface area contributed by atoms with E-state index < -0.39 is 11.3 Å². The van der Waals surface area contributed by atoms with Crippen LogP contribution in [0.15, 0.2) is 4.79 Å². The van der Waals surface area contributed by atoms with Crippen molar-refractivity contribution >= 4 is 29.2 Å². The minimum atomic E-state index is -0.561. The molecule has 0 aliphatic carbocycles. The van der Waals surface area contributed by atoms with Crippen LogP contribution >= 0.6 is 11.6 Å². The average molecular weight is 273 g/mol. The lowest BCUT2D eigenvalue weighted by Crippen LogP contribution is -2.39. The van der Waals surface area contributed by atoms with Gasteiger partial charge in [-0.05, 0) is 0 Å². The van der Waals surface area contributed by atoms with Gasteiger partial charge < -0.3 is 15.4 Å². The van der Waals surface area contributed by atoms with Gasteiger partial charge in [-0.15, -0.1) is 11.6 Å². The first kappa shape index (κ1) is 12.8. The van der Waals surface area contributed by atoms with Gasteiger partial charge in [0.15, 0.2) is 5.78 Å². The highest BCUT2D eigenvalue weighted by atomic mass is 35.5. The third kappa shape index (κ3) is 2.46. The van der Waals surface area contributed by atoms with Crippen molar-refractivity contribution < 1.29 is 9.53 Å². The van der Waals surface area contributed by atoms with E-state index in [1.54, 1.807) is 0 Å². The number of carbonyl (C=O) groups is 1. The summed E-state index contributed by atoms with van der Waals surface area (Å²) in [6.45, 7) is 2.36. The van der Waals surface area contributed by atoms with Gasteiger partial charge in [-0.2, -0.15) is 4.98 Å². The zero-order valence-electron chi connectivity index (χ0n) is 9.61. The van der Waals surface area contributed by atoms with Crippen molar-refractivity contribution in [3.05, 3.63) is 15.9 Å². The number of hydrogen-bond donors (Lipinski definition) is 2. The maximum Gasteiger partial charge on any atom is 0.265 e. The Morgan fingerprint density at radius 1 is 1.50 bits per heavy atom. The molecule has 7 nitrogen and oxygen atoms in total. The first-order chi connectivity index (χ1) is 8.63. The molecule has 18 heavy (non-hydrogen) atoms. The van der Waals surface area contributed by atoms with Gasteiger partial charge in [-0.25, -0.2) is 0 Å². The van der Waals surface area contributed by atoms with Crippen LogP contribution in [-0.2, 0) is 4.74 Å². The molecule has 0 aromatic carbocycles. The number of ketones is 1. The molecule has 1 aliphatic heterocycles. The van der Waals surface area contributed by atoms with E-state index in [4.69, 9.17) is 22.1 Å². The van der Waals surface area contributed by atoms with Crippen LogP contribution in [0.25, 0.3) is 0 Å². The number of ether oxygens (including phenoxy) is 1. The van der Waals surface area contributed by atoms with E-state index in [1.165, 1.54) is 0 Å². The average Bonchev–Trinajstić information content (AvgIpc) is 2.38. The molecule has 0 atom stereocenters. The molecule has 0 unspecified atom stereocenters. The van der Waals surface area contributed by atoms with Gasteiger partial charge in [0.05, 0.1) is 19.1 Å². The van der Waals surface area contributed by atoms with Gasteiger partial charge in [0.1, 0.15) is 11.4 Å². The fraction of sp³-hybridized carbons (Fsp3) is 0.500. The normalized spacial score (nSPS) is 15.7. The van der Waals surface area contributed by atoms with Crippen LogP contribution in [0.4, 0.5) is 11.8 Å². The highest BCUT2D eigenvalue weighted by Crippen LogP contribution is 2.12. The summed E-state index contributed by atoms with van der Waals surface area (Å²) in [5.74, 6) is -0.569. The Morgan fingerprint density at radius 3 is 2.72 bits per heavy atom. The summed E-state index contributed by atoms with van der Waals surface area (Å²) in [5.41, 5.74) is 4.90. The minimum Gasteiger partial charge on any atom is -0.383 e. The number of carbonyl (C=O) groups excluding carboxylic acids is 1. The first-order valence-electron chi connectivity index (χ1n) is 5.45. The molecule has 98 valence electrons. The number of nitrogens with zero attached hydrogens (tertiary/aromatic N) is 2. The van der Waals surface area contributed by atoms with Gasteiger partial charge in [-0.1, -0.05) is 0 Å². The summed E-state index contributed by atoms with van der Waals surface area (Å²) in [6, 6.07) is 0. The second-order valence-corrected chi connectivity index (χ2v) is 4.07. The molecule has 1 saturated heterocycles. The maximum atomic E-state index is 11.8. The fourth-order valence-corrected chi connectivity index (χ4v) is 1.87. The molecule has 2 rings (SSSR count). The highest BCUT2D eigenvalue weighted by Gasteiger charge is 2.19. The van der Waals surface area contributed by atoms with Crippen LogP contribution in [0.2, 0.25) is 0 Å². The molecule has 2 heterocycles. The number of nitrogen functional groups attached to an aromatic ring is 1. The molecule has 1 fully saturated rings. The van der Waals surface area contributed by atoms with E-state index in [0.717, 1.165) is 0 Å². The maximum absolute atomic E-state index is 11.8. The van der Waals surface area contributed by atoms with Crippen molar-refractivity contribution in [2.75, 3.05) is 42.8 Å². The second kappa shape index (κ2) is 5.36. The van der Waals surface area contributed by atoms with E-state index >= 15 is 0 Å². The summed E-state index contributed by atoms with van der Waals surface area (Å²) in [5, 5.41) is 0. The molecular formula is C10H13ClN4O3. The Kier molecular flexibility index (Phi) is 3.83. The van der Waals surface area contributed by atoms with Gasteiger partial charge in [-0.3, -0.25) is 14.6 Å². The van der Waals surface area contributed by atoms with Crippen LogP contribution in [0.1, 0.15) is 10.4 Å². The molecule has 8 heteroatoms. The molecule has 0 bridgehead atoms. The number of hydrogen-bond acceptors (Lipinski definition) is 6. The number of halogens is 1. The zero-order chi connectivity index (χ0) is 13.1. The van der Waals surface area contributed by atoms with Gasteiger partial charge in [0.25, 0.3) is 5.56 Å². The molecule has 1 aromatic rings. The molecule has 0 saturated carbocycles. The van der Waals surface area contributed by atoms with E-state index in [0.29, 0.717) is 32.3 Å². The van der Waals surface area contributed by atoms with Crippen LogP contribution < -0.4 is 16.2 Å². The number of anilines is 2. The monoisotopic (exact) mass is 272 g/mol. The number of alkyl halides is 1. The van der Waals surface area contributed by atoms with E-state index in [2.05, 4.69) is 9.97 Å². The van der Waals surface area contributed by atoms with E-state index in [1.807, 2.05) is 4.90 Å². The third-order valence-electron chi connectivity index (χ3n) is 2.65. The minimum absolute atomic E-state index is 0.0918. The van der Waals surface area contributed by atoms with Crippen LogP contribution in [0.5, 0.6) is 0 Å². The number of morpholine rings is 1. The molecule has 1 aliphatic rings. The summed E-state index contributed by atoms with van der Waals surface area (Å²) in [6.07, 6.45) is 0. The topological polar surface area (TPSA) is 101 Å². The standard InChI is InChI=1S/C10H13ClN4O3/c11-5-6(16)7-8(12)13-10(14-9(7)17)15-1-3-18-4-2-15/h1-5H2,(H3,12,13,14,17). The van der Waals surface area contributed by atoms with E-state index in [-0.39, 0.29) is 17.3 Å². The number of Topliss-reactive ketones (excluding diaryl/α,β-unsaturated/α-hetero) is 1. The zero-order valence-corrected chi connectivity index (χ0v) is 10.4. The Labute approximate surface area is 108 Å². The van der Waals surface area contributed by atoms with Crippen molar-refractivity contribution in [3.8, 4) is 0 Å². The SMILES string of the molecule is Nc1nc(N2CCOCC2)[nH]c(=O)c1C(=O)CCl. The summed E-state index contributed by atoms with van der Waals surface area (Å²) in [7, 11) is 0. The Hall–Kier alpha value is -1.60. The number of rotatable bonds is 3. The second-order valence-electron chi connectivity index (χ2n) is 3.81. The van der Waals surface area contributed by atoms with Crippen LogP contribution in [-0.4, -0.2) is 47.9 Å². The van der Waals surface area contributed by atoms with Gasteiger partial charge in [0.2, 0.25) is 5.95 Å². The largest absolute Gasteiger partial charge is 0.383 e. The summed E-state index contributed by atoms with van der Waals surface area (Å²) in [4.78, 5) is 31.7. The smallest absolute Gasteiger partial charge is 0.265 e. The molecule has 0 radical (unpaired) electrons. The number of aromatic nitrogens is 2. The first-order valence-corrected chi connectivity index (χ1v) is 5.98. The number of aromatic amines is 1. The summed E-state index contributed by atoms with van der Waals surface area (Å²) < 4.78 is 5.20. The number of H-pyrrole nitrogens is 1. The van der Waals surface area contributed by atoms with Crippen molar-refractivity contribution in [2.24, 2.45) is 0 Å². The van der Waals surface area contributed by atoms with E-state index in [9.17, 15) is 9.59 Å². The van der Waals surface area contributed by atoms with Gasteiger partial charge >= 0.3 is 0 Å². The molecule has 0 spiro atoms. The van der Waals surface area contributed by atoms with Crippen molar-refractivity contribution in [1.29, 1.82) is 0 Å². The lowest BCUT2D eigenvalue weighted by Gasteiger charge is -2.27. The predicted molar refractivity (Wildman–Crippen MR) is 67.4 cm³/mol. The van der Waals surface area contributed by atoms with Crippen LogP contribution in [0, 0.1) is 0 Å². The summed E-state index contributed by atoms with van der Waals surface area (Å²) >= 11 is 5.41. The van der Waals surface area contributed by atoms with Gasteiger partial charge in [0, 0.05) is 13.1 Å². The molecule has 1 aromatic heterocycles. The lowest BCUT2D eigenvalue weighted by atomic mass is 10.2. The lowest BCUT2D eigenvalue weighted by molar-refractivity contribution is 0.102. The number of nitrogens with two attached hydrogens (primary N) is 1. The Morgan fingerprint density at radius 2 is 2.17 bits per heavy atom. The molecule has 0 amide bonds. The van der Waals surface area contributed by atoms with Crippen molar-refractivity contribution in [3.63, 3.8) is 0 Å². The Bertz CT molecular complexity index is 510. The van der Waals surface area contributed by atoms with Crippen LogP contribution in [0.3, 0.4) is 0 Å². The predicted octanol–water partition coefficient (Wildman–Crippen LogP) is -0.390. The van der Waals surface area contributed by atoms with Crippen molar-refractivity contribution in [1.82, 2.24) is 9.97 Å². The quantitative estimate of drug-likeness (QED) is 0.574. The third-order valence-corrected chi connectivity index (χ3v) is 2.89. The molecular weight excluding hydrogens is 260 g/mol. The number of nitrogens with one attached hydrogen (secondary N) is 1. The molecule has 3 N–H and O–H groups in total. The van der Waals surface area contributed by atoms with Crippen molar-refractivity contribution in [2.45, 2.75) is 0 Å². The fourth-order valence-electron chi connectivity index (χ4n) is 1.74. The Balaban J connectivity index is 2.35. The highest BCUT2D eigenvalue weighted by molar-refractivity contribution is 6.31.